The Kier molecular flexibility index (Phi) is 6.54. The maximum atomic E-state index is 5.45. The van der Waals surface area contributed by atoms with Crippen molar-refractivity contribution in [2.24, 2.45) is 5.92 Å². The van der Waals surface area contributed by atoms with Crippen LogP contribution in [0.2, 0.25) is 0 Å². The number of thiocarbonyl (C=S) groups is 1. The van der Waals surface area contributed by atoms with Crippen LogP contribution in [0.3, 0.4) is 0 Å². The highest BCUT2D eigenvalue weighted by atomic mass is 79.9. The van der Waals surface area contributed by atoms with E-state index in [0.717, 1.165) is 29.2 Å². The maximum absolute atomic E-state index is 5.45. The molecular weight excluding hydrogens is 406 g/mol. The van der Waals surface area contributed by atoms with Gasteiger partial charge in [0.15, 0.2) is 5.11 Å². The third-order valence-electron chi connectivity index (χ3n) is 4.85. The van der Waals surface area contributed by atoms with Gasteiger partial charge in [0.25, 0.3) is 0 Å². The largest absolute Gasteiger partial charge is 0.371 e. The molecule has 1 fully saturated rings. The van der Waals surface area contributed by atoms with E-state index >= 15 is 0 Å². The first-order chi connectivity index (χ1) is 12.5. The minimum Gasteiger partial charge on any atom is -0.371 e. The van der Waals surface area contributed by atoms with Crippen molar-refractivity contribution in [1.82, 2.24) is 5.32 Å². The monoisotopic (exact) mass is 431 g/mol. The Morgan fingerprint density at radius 3 is 2.69 bits per heavy atom. The average molecular weight is 432 g/mol. The Bertz CT molecular complexity index is 747. The summed E-state index contributed by atoms with van der Waals surface area (Å²) in [5, 5.41) is 7.22. The van der Waals surface area contributed by atoms with Crippen molar-refractivity contribution in [2.75, 3.05) is 23.3 Å². The van der Waals surface area contributed by atoms with E-state index in [1.807, 2.05) is 24.3 Å². The molecule has 2 atom stereocenters. The lowest BCUT2D eigenvalue weighted by molar-refractivity contribution is 0.447. The molecule has 1 aliphatic rings. The summed E-state index contributed by atoms with van der Waals surface area (Å²) >= 11 is 8.93. The van der Waals surface area contributed by atoms with E-state index in [0.29, 0.717) is 5.11 Å². The molecule has 0 aromatic heterocycles. The van der Waals surface area contributed by atoms with Gasteiger partial charge in [0.1, 0.15) is 0 Å². The van der Waals surface area contributed by atoms with Gasteiger partial charge in [-0.15, -0.1) is 0 Å². The Hall–Kier alpha value is -1.59. The summed E-state index contributed by atoms with van der Waals surface area (Å²) in [6.07, 6.45) is 2.63. The number of hydrogen-bond acceptors (Lipinski definition) is 2. The number of halogens is 1. The van der Waals surface area contributed by atoms with Crippen molar-refractivity contribution in [3.05, 3.63) is 58.6 Å². The SMILES string of the molecule is CC1CCCN(c2ccc(C(C)NC(=S)Nc3cccc(Br)c3)cc2)C1. The molecule has 0 saturated carbocycles. The first-order valence-electron chi connectivity index (χ1n) is 9.19. The van der Waals surface area contributed by atoms with E-state index in [9.17, 15) is 0 Å². The summed E-state index contributed by atoms with van der Waals surface area (Å²) < 4.78 is 1.03. The second-order valence-corrected chi connectivity index (χ2v) is 8.44. The predicted molar refractivity (Wildman–Crippen MR) is 119 cm³/mol. The number of rotatable bonds is 4. The molecule has 3 rings (SSSR count). The van der Waals surface area contributed by atoms with Crippen LogP contribution in [0.4, 0.5) is 11.4 Å². The van der Waals surface area contributed by atoms with Crippen LogP contribution in [0, 0.1) is 5.92 Å². The Balaban J connectivity index is 1.57. The Morgan fingerprint density at radius 2 is 2.00 bits per heavy atom. The molecule has 2 unspecified atom stereocenters. The minimum absolute atomic E-state index is 0.150. The highest BCUT2D eigenvalue weighted by Gasteiger charge is 2.17. The number of nitrogens with zero attached hydrogens (tertiary/aromatic N) is 1. The third-order valence-corrected chi connectivity index (χ3v) is 5.56. The van der Waals surface area contributed by atoms with Crippen molar-refractivity contribution < 1.29 is 0 Å². The van der Waals surface area contributed by atoms with Crippen LogP contribution in [0.25, 0.3) is 0 Å². The molecule has 138 valence electrons. The van der Waals surface area contributed by atoms with Crippen LogP contribution in [0.1, 0.15) is 38.3 Å². The second-order valence-electron chi connectivity index (χ2n) is 7.12. The topological polar surface area (TPSA) is 27.3 Å². The van der Waals surface area contributed by atoms with Crippen LogP contribution in [0.15, 0.2) is 53.0 Å². The molecule has 2 aromatic carbocycles. The van der Waals surface area contributed by atoms with Crippen LogP contribution >= 0.6 is 28.1 Å². The van der Waals surface area contributed by atoms with Crippen molar-refractivity contribution in [2.45, 2.75) is 32.7 Å². The summed E-state index contributed by atoms with van der Waals surface area (Å²) in [5.74, 6) is 0.783. The van der Waals surface area contributed by atoms with Gasteiger partial charge in [0.05, 0.1) is 6.04 Å². The van der Waals surface area contributed by atoms with Crippen LogP contribution < -0.4 is 15.5 Å². The molecular formula is C21H26BrN3S. The van der Waals surface area contributed by atoms with E-state index in [1.165, 1.54) is 24.1 Å². The molecule has 0 spiro atoms. The minimum atomic E-state index is 0.150. The highest BCUT2D eigenvalue weighted by molar-refractivity contribution is 9.10. The fourth-order valence-electron chi connectivity index (χ4n) is 3.41. The van der Waals surface area contributed by atoms with E-state index in [-0.39, 0.29) is 6.04 Å². The van der Waals surface area contributed by atoms with Crippen molar-refractivity contribution >= 4 is 44.6 Å². The molecule has 2 aromatic rings. The maximum Gasteiger partial charge on any atom is 0.171 e. The van der Waals surface area contributed by atoms with Gasteiger partial charge in [-0.05, 0) is 73.8 Å². The summed E-state index contributed by atoms with van der Waals surface area (Å²) in [6.45, 7) is 6.80. The molecule has 0 bridgehead atoms. The fourth-order valence-corrected chi connectivity index (χ4v) is 4.10. The zero-order valence-electron chi connectivity index (χ0n) is 15.3. The van der Waals surface area contributed by atoms with Crippen molar-refractivity contribution in [3.63, 3.8) is 0 Å². The molecule has 2 N–H and O–H groups in total. The molecule has 1 heterocycles. The predicted octanol–water partition coefficient (Wildman–Crippen LogP) is 5.73. The van der Waals surface area contributed by atoms with Crippen molar-refractivity contribution in [3.8, 4) is 0 Å². The molecule has 26 heavy (non-hydrogen) atoms. The lowest BCUT2D eigenvalue weighted by Gasteiger charge is -2.33. The molecule has 0 amide bonds. The summed E-state index contributed by atoms with van der Waals surface area (Å²) in [7, 11) is 0. The Labute approximate surface area is 170 Å². The van der Waals surface area contributed by atoms with Gasteiger partial charge in [0.2, 0.25) is 0 Å². The molecule has 3 nitrogen and oxygen atoms in total. The smallest absolute Gasteiger partial charge is 0.171 e. The van der Waals surface area contributed by atoms with Gasteiger partial charge in [-0.1, -0.05) is 41.1 Å². The normalized spacial score (nSPS) is 18.3. The summed E-state index contributed by atoms with van der Waals surface area (Å²) in [4.78, 5) is 2.50. The number of anilines is 2. The van der Waals surface area contributed by atoms with Gasteiger partial charge < -0.3 is 15.5 Å². The standard InChI is InChI=1S/C21H26BrN3S/c1-15-5-4-12-25(14-15)20-10-8-17(9-11-20)16(2)23-21(26)24-19-7-3-6-18(22)13-19/h3,6-11,13,15-16H,4-5,12,14H2,1-2H3,(H2,23,24,26). The van der Waals surface area contributed by atoms with Gasteiger partial charge in [0, 0.05) is 28.9 Å². The second kappa shape index (κ2) is 8.87. The lowest BCUT2D eigenvalue weighted by Crippen LogP contribution is -2.34. The van der Waals surface area contributed by atoms with E-state index < -0.39 is 0 Å². The highest BCUT2D eigenvalue weighted by Crippen LogP contribution is 2.24. The molecule has 0 radical (unpaired) electrons. The molecule has 1 aliphatic heterocycles. The summed E-state index contributed by atoms with van der Waals surface area (Å²) in [5.41, 5.74) is 3.53. The quantitative estimate of drug-likeness (QED) is 0.603. The number of nitrogens with one attached hydrogen (secondary N) is 2. The summed E-state index contributed by atoms with van der Waals surface area (Å²) in [6, 6.07) is 17.0. The van der Waals surface area contributed by atoms with Crippen LogP contribution in [-0.2, 0) is 0 Å². The van der Waals surface area contributed by atoms with Gasteiger partial charge >= 0.3 is 0 Å². The van der Waals surface area contributed by atoms with Gasteiger partial charge in [-0.3, -0.25) is 0 Å². The fraction of sp³-hybridized carbons (Fsp3) is 0.381. The third kappa shape index (κ3) is 5.21. The van der Waals surface area contributed by atoms with Gasteiger partial charge in [-0.2, -0.15) is 0 Å². The molecule has 5 heteroatoms. The Morgan fingerprint density at radius 1 is 1.23 bits per heavy atom. The van der Waals surface area contributed by atoms with Crippen LogP contribution in [0.5, 0.6) is 0 Å². The van der Waals surface area contributed by atoms with Gasteiger partial charge in [-0.25, -0.2) is 0 Å². The number of benzene rings is 2. The first-order valence-corrected chi connectivity index (χ1v) is 10.4. The van der Waals surface area contributed by atoms with E-state index in [2.05, 4.69) is 69.6 Å². The van der Waals surface area contributed by atoms with E-state index in [1.54, 1.807) is 0 Å². The van der Waals surface area contributed by atoms with E-state index in [4.69, 9.17) is 12.2 Å². The molecule has 1 saturated heterocycles. The van der Waals surface area contributed by atoms with Crippen molar-refractivity contribution in [1.29, 1.82) is 0 Å². The van der Waals surface area contributed by atoms with Crippen LogP contribution in [-0.4, -0.2) is 18.2 Å². The zero-order valence-corrected chi connectivity index (χ0v) is 17.7. The zero-order chi connectivity index (χ0) is 18.5. The number of piperidine rings is 1. The number of hydrogen-bond donors (Lipinski definition) is 2. The first kappa shape index (κ1) is 19.2. The lowest BCUT2D eigenvalue weighted by atomic mass is 9.99. The average Bonchev–Trinajstić information content (AvgIpc) is 2.61. The molecule has 0 aliphatic carbocycles.